The molecule has 1 atom stereocenters. The highest BCUT2D eigenvalue weighted by Crippen LogP contribution is 2.18. The van der Waals surface area contributed by atoms with Gasteiger partial charge in [-0.25, -0.2) is 0 Å². The van der Waals surface area contributed by atoms with Gasteiger partial charge in [0.25, 0.3) is 0 Å². The predicted octanol–water partition coefficient (Wildman–Crippen LogP) is 2.75. The molecule has 1 heterocycles. The summed E-state index contributed by atoms with van der Waals surface area (Å²) in [6, 6.07) is 0.708. The summed E-state index contributed by atoms with van der Waals surface area (Å²) in [7, 11) is 0. The zero-order chi connectivity index (χ0) is 11.1. The molecule has 1 saturated heterocycles. The van der Waals surface area contributed by atoms with Crippen molar-refractivity contribution in [3.63, 3.8) is 0 Å². The fraction of sp³-hybridized carbons (Fsp3) is 0.833. The third kappa shape index (κ3) is 5.14. The summed E-state index contributed by atoms with van der Waals surface area (Å²) < 4.78 is 1.10. The first kappa shape index (κ1) is 13.2. The molecule has 0 spiro atoms. The zero-order valence-electron chi connectivity index (χ0n) is 9.77. The molecule has 1 rings (SSSR count). The molecular weight excluding hydrogens is 252 g/mol. The Labute approximate surface area is 102 Å². The topological polar surface area (TPSA) is 15.3 Å². The average Bonchev–Trinajstić information content (AvgIpc) is 2.20. The number of rotatable bonds is 6. The lowest BCUT2D eigenvalue weighted by Crippen LogP contribution is -2.46. The molecule has 0 aromatic carbocycles. The van der Waals surface area contributed by atoms with Crippen molar-refractivity contribution >= 4 is 15.9 Å². The molecule has 0 bridgehead atoms. The fourth-order valence-electron chi connectivity index (χ4n) is 2.17. The van der Waals surface area contributed by atoms with Crippen molar-refractivity contribution in [1.29, 1.82) is 0 Å². The number of hydrogen-bond donors (Lipinski definition) is 1. The van der Waals surface area contributed by atoms with Gasteiger partial charge in [0.2, 0.25) is 0 Å². The lowest BCUT2D eigenvalue weighted by Gasteiger charge is -2.35. The Bertz CT molecular complexity index is 194. The first-order chi connectivity index (χ1) is 7.24. The van der Waals surface area contributed by atoms with E-state index in [0.29, 0.717) is 6.04 Å². The lowest BCUT2D eigenvalue weighted by molar-refractivity contribution is 0.161. The number of nitrogens with one attached hydrogen (secondary N) is 1. The largest absolute Gasteiger partial charge is 0.315 e. The Morgan fingerprint density at radius 2 is 2.33 bits per heavy atom. The van der Waals surface area contributed by atoms with Crippen molar-refractivity contribution < 1.29 is 0 Å². The van der Waals surface area contributed by atoms with Gasteiger partial charge in [-0.05, 0) is 32.4 Å². The van der Waals surface area contributed by atoms with Gasteiger partial charge in [0.1, 0.15) is 0 Å². The number of likely N-dealkylation sites (tertiary alicyclic amines) is 1. The van der Waals surface area contributed by atoms with Crippen LogP contribution in [0.1, 0.15) is 32.6 Å². The summed E-state index contributed by atoms with van der Waals surface area (Å²) in [5.74, 6) is 0. The van der Waals surface area contributed by atoms with Gasteiger partial charge in [-0.1, -0.05) is 35.9 Å². The molecule has 1 aliphatic heterocycles. The van der Waals surface area contributed by atoms with E-state index in [4.69, 9.17) is 0 Å². The van der Waals surface area contributed by atoms with Crippen molar-refractivity contribution in [1.82, 2.24) is 10.2 Å². The van der Waals surface area contributed by atoms with Crippen LogP contribution in [-0.4, -0.2) is 37.1 Å². The molecule has 0 aromatic rings. The van der Waals surface area contributed by atoms with Crippen LogP contribution < -0.4 is 5.32 Å². The van der Waals surface area contributed by atoms with Crippen molar-refractivity contribution in [2.45, 2.75) is 38.6 Å². The molecule has 0 radical (unpaired) electrons. The van der Waals surface area contributed by atoms with Crippen molar-refractivity contribution in [3.8, 4) is 0 Å². The SMILES string of the molecule is C=C(Br)CN1CCCCC1CNCCC. The molecule has 0 aromatic heterocycles. The molecule has 1 aliphatic rings. The smallest absolute Gasteiger partial charge is 0.0297 e. The molecule has 0 saturated carbocycles. The van der Waals surface area contributed by atoms with Crippen LogP contribution in [0.3, 0.4) is 0 Å². The van der Waals surface area contributed by atoms with Crippen LogP contribution in [0, 0.1) is 0 Å². The van der Waals surface area contributed by atoms with Gasteiger partial charge in [0, 0.05) is 23.6 Å². The van der Waals surface area contributed by atoms with E-state index in [9.17, 15) is 0 Å². The predicted molar refractivity (Wildman–Crippen MR) is 70.4 cm³/mol. The van der Waals surface area contributed by atoms with Gasteiger partial charge >= 0.3 is 0 Å². The standard InChI is InChI=1S/C12H23BrN2/c1-3-7-14-9-12-6-4-5-8-15(12)10-11(2)13/h12,14H,2-10H2,1H3. The first-order valence-corrected chi connectivity index (χ1v) is 6.81. The van der Waals surface area contributed by atoms with Crippen LogP contribution in [-0.2, 0) is 0 Å². The van der Waals surface area contributed by atoms with Crippen LogP contribution in [0.5, 0.6) is 0 Å². The summed E-state index contributed by atoms with van der Waals surface area (Å²) in [5.41, 5.74) is 0. The Hall–Kier alpha value is 0.140. The summed E-state index contributed by atoms with van der Waals surface area (Å²) >= 11 is 3.46. The number of piperidine rings is 1. The second-order valence-corrected chi connectivity index (χ2v) is 5.46. The van der Waals surface area contributed by atoms with Crippen LogP contribution in [0.25, 0.3) is 0 Å². The second-order valence-electron chi connectivity index (χ2n) is 4.34. The van der Waals surface area contributed by atoms with E-state index in [1.54, 1.807) is 0 Å². The highest BCUT2D eigenvalue weighted by molar-refractivity contribution is 9.11. The van der Waals surface area contributed by atoms with Crippen molar-refractivity contribution in [2.24, 2.45) is 0 Å². The van der Waals surface area contributed by atoms with Crippen LogP contribution in [0.2, 0.25) is 0 Å². The van der Waals surface area contributed by atoms with E-state index < -0.39 is 0 Å². The quantitative estimate of drug-likeness (QED) is 0.750. The Morgan fingerprint density at radius 1 is 1.53 bits per heavy atom. The Balaban J connectivity index is 2.32. The van der Waals surface area contributed by atoms with Crippen molar-refractivity contribution in [2.75, 3.05) is 26.2 Å². The van der Waals surface area contributed by atoms with Gasteiger partial charge in [-0.2, -0.15) is 0 Å². The summed E-state index contributed by atoms with van der Waals surface area (Å²) in [4.78, 5) is 2.54. The summed E-state index contributed by atoms with van der Waals surface area (Å²) in [6.45, 7) is 10.6. The minimum atomic E-state index is 0.708. The second kappa shape index (κ2) is 7.42. The molecule has 1 unspecified atom stereocenters. The maximum Gasteiger partial charge on any atom is 0.0297 e. The molecule has 2 nitrogen and oxygen atoms in total. The van der Waals surface area contributed by atoms with Gasteiger partial charge in [-0.3, -0.25) is 4.90 Å². The average molecular weight is 275 g/mol. The maximum atomic E-state index is 3.93. The molecule has 1 N–H and O–H groups in total. The van der Waals surface area contributed by atoms with Crippen LogP contribution >= 0.6 is 15.9 Å². The minimum Gasteiger partial charge on any atom is -0.315 e. The summed E-state index contributed by atoms with van der Waals surface area (Å²) in [5, 5.41) is 3.52. The van der Waals surface area contributed by atoms with E-state index in [-0.39, 0.29) is 0 Å². The van der Waals surface area contributed by atoms with E-state index in [1.165, 1.54) is 32.2 Å². The zero-order valence-corrected chi connectivity index (χ0v) is 11.4. The third-order valence-electron chi connectivity index (χ3n) is 2.93. The Morgan fingerprint density at radius 3 is 3.00 bits per heavy atom. The maximum absolute atomic E-state index is 3.93. The van der Waals surface area contributed by atoms with E-state index >= 15 is 0 Å². The normalized spacial score (nSPS) is 22.9. The Kier molecular flexibility index (Phi) is 6.53. The molecule has 3 heteroatoms. The van der Waals surface area contributed by atoms with E-state index in [1.807, 2.05) is 0 Å². The van der Waals surface area contributed by atoms with E-state index in [2.05, 4.69) is 39.6 Å². The van der Waals surface area contributed by atoms with E-state index in [0.717, 1.165) is 24.1 Å². The molecule has 0 amide bonds. The monoisotopic (exact) mass is 274 g/mol. The fourth-order valence-corrected chi connectivity index (χ4v) is 2.49. The third-order valence-corrected chi connectivity index (χ3v) is 3.18. The summed E-state index contributed by atoms with van der Waals surface area (Å²) in [6.07, 6.45) is 5.27. The molecular formula is C12H23BrN2. The lowest BCUT2D eigenvalue weighted by atomic mass is 10.0. The molecule has 88 valence electrons. The van der Waals surface area contributed by atoms with Gasteiger partial charge < -0.3 is 5.32 Å². The first-order valence-electron chi connectivity index (χ1n) is 6.02. The molecule has 0 aliphatic carbocycles. The van der Waals surface area contributed by atoms with Crippen LogP contribution in [0.4, 0.5) is 0 Å². The number of halogens is 1. The van der Waals surface area contributed by atoms with Crippen LogP contribution in [0.15, 0.2) is 11.1 Å². The molecule has 1 fully saturated rings. The number of hydrogen-bond acceptors (Lipinski definition) is 2. The number of nitrogens with zero attached hydrogens (tertiary/aromatic N) is 1. The minimum absolute atomic E-state index is 0.708. The van der Waals surface area contributed by atoms with Gasteiger partial charge in [0.05, 0.1) is 0 Å². The highest BCUT2D eigenvalue weighted by Gasteiger charge is 2.21. The van der Waals surface area contributed by atoms with Crippen molar-refractivity contribution in [3.05, 3.63) is 11.1 Å². The molecule has 15 heavy (non-hydrogen) atoms. The highest BCUT2D eigenvalue weighted by atomic mass is 79.9. The van der Waals surface area contributed by atoms with Gasteiger partial charge in [-0.15, -0.1) is 0 Å². The van der Waals surface area contributed by atoms with Gasteiger partial charge in [0.15, 0.2) is 0 Å².